The van der Waals surface area contributed by atoms with Crippen molar-refractivity contribution in [3.63, 3.8) is 0 Å². The number of rotatable bonds is 1. The van der Waals surface area contributed by atoms with Gasteiger partial charge in [0.1, 0.15) is 0 Å². The lowest BCUT2D eigenvalue weighted by Crippen LogP contribution is -1.92. The maximum Gasteiger partial charge on any atom is 0.330 e. The Morgan fingerprint density at radius 3 is 1.47 bits per heavy atom. The quantitative estimate of drug-likeness (QED) is 0.522. The molecule has 0 aliphatic carbocycles. The lowest BCUT2D eigenvalue weighted by molar-refractivity contribution is -0.134. The molecule has 0 saturated heterocycles. The molecule has 0 unspecified atom stereocenters. The Labute approximate surface area is 92.6 Å². The molecular formula is C13H20O2. The minimum absolute atomic E-state index is 0.303. The molecule has 0 heterocycles. The first-order chi connectivity index (χ1) is 7.31. The topological polar surface area (TPSA) is 26.3 Å². The summed E-state index contributed by atoms with van der Waals surface area (Å²) in [5.41, 5.74) is 0. The van der Waals surface area contributed by atoms with Crippen LogP contribution in [0, 0.1) is 0 Å². The van der Waals surface area contributed by atoms with Crippen LogP contribution in [0.2, 0.25) is 0 Å². The maximum atomic E-state index is 10.1. The summed E-state index contributed by atoms with van der Waals surface area (Å²) < 4.78 is 4.26. The summed E-state index contributed by atoms with van der Waals surface area (Å²) >= 11 is 0. The third-order valence-electron chi connectivity index (χ3n) is 1.17. The number of carbonyl (C=O) groups excluding carboxylic acids is 1. The Hall–Kier alpha value is -1.57. The van der Waals surface area contributed by atoms with E-state index in [1.54, 1.807) is 13.0 Å². The summed E-state index contributed by atoms with van der Waals surface area (Å²) in [6, 6.07) is 12.0. The van der Waals surface area contributed by atoms with Crippen molar-refractivity contribution in [1.29, 1.82) is 0 Å². The lowest BCUT2D eigenvalue weighted by Gasteiger charge is -1.84. The van der Waals surface area contributed by atoms with E-state index in [2.05, 4.69) is 4.74 Å². The first-order valence-electron chi connectivity index (χ1n) is 5.02. The molecule has 0 aromatic heterocycles. The van der Waals surface area contributed by atoms with Crippen molar-refractivity contribution in [2.24, 2.45) is 0 Å². The highest BCUT2D eigenvalue weighted by molar-refractivity contribution is 5.81. The second-order valence-corrected chi connectivity index (χ2v) is 2.18. The molecule has 84 valence electrons. The van der Waals surface area contributed by atoms with E-state index in [0.717, 1.165) is 0 Å². The highest BCUT2D eigenvalue weighted by Crippen LogP contribution is 1.79. The van der Waals surface area contributed by atoms with Crippen LogP contribution in [0.1, 0.15) is 20.8 Å². The second-order valence-electron chi connectivity index (χ2n) is 2.18. The third kappa shape index (κ3) is 15.2. The van der Waals surface area contributed by atoms with Crippen LogP contribution in [0.25, 0.3) is 0 Å². The second kappa shape index (κ2) is 14.9. The molecule has 15 heavy (non-hydrogen) atoms. The van der Waals surface area contributed by atoms with E-state index in [1.165, 1.54) is 13.2 Å². The Morgan fingerprint density at radius 2 is 1.33 bits per heavy atom. The van der Waals surface area contributed by atoms with E-state index >= 15 is 0 Å². The first-order valence-corrected chi connectivity index (χ1v) is 5.02. The van der Waals surface area contributed by atoms with Crippen LogP contribution in [0.5, 0.6) is 0 Å². The monoisotopic (exact) mass is 208 g/mol. The summed E-state index contributed by atoms with van der Waals surface area (Å²) in [6.07, 6.45) is 2.99. The van der Waals surface area contributed by atoms with Crippen molar-refractivity contribution in [3.05, 3.63) is 48.6 Å². The number of benzene rings is 1. The highest BCUT2D eigenvalue weighted by Gasteiger charge is 1.84. The van der Waals surface area contributed by atoms with Gasteiger partial charge >= 0.3 is 5.97 Å². The highest BCUT2D eigenvalue weighted by atomic mass is 16.5. The average molecular weight is 208 g/mol. The molecule has 0 radical (unpaired) electrons. The average Bonchev–Trinajstić information content (AvgIpc) is 2.35. The zero-order valence-electron chi connectivity index (χ0n) is 9.94. The molecule has 1 aromatic rings. The van der Waals surface area contributed by atoms with E-state index in [9.17, 15) is 4.79 Å². The maximum absolute atomic E-state index is 10.1. The van der Waals surface area contributed by atoms with Gasteiger partial charge in [-0.1, -0.05) is 56.3 Å². The van der Waals surface area contributed by atoms with E-state index in [4.69, 9.17) is 0 Å². The largest absolute Gasteiger partial charge is 0.466 e. The van der Waals surface area contributed by atoms with Gasteiger partial charge in [0.25, 0.3) is 0 Å². The number of esters is 1. The van der Waals surface area contributed by atoms with Crippen molar-refractivity contribution in [2.45, 2.75) is 20.8 Å². The SMILES string of the molecule is C/C=C/C(=O)OC.CC.c1ccccc1. The van der Waals surface area contributed by atoms with E-state index in [-0.39, 0.29) is 5.97 Å². The molecule has 1 rings (SSSR count). The molecular weight excluding hydrogens is 188 g/mol. The van der Waals surface area contributed by atoms with E-state index in [1.807, 2.05) is 50.2 Å². The minimum Gasteiger partial charge on any atom is -0.466 e. The summed E-state index contributed by atoms with van der Waals surface area (Å²) in [5, 5.41) is 0. The van der Waals surface area contributed by atoms with Crippen LogP contribution in [-0.4, -0.2) is 13.1 Å². The minimum atomic E-state index is -0.303. The summed E-state index contributed by atoms with van der Waals surface area (Å²) in [6.45, 7) is 5.76. The van der Waals surface area contributed by atoms with Gasteiger partial charge in [0.15, 0.2) is 0 Å². The van der Waals surface area contributed by atoms with Crippen molar-refractivity contribution < 1.29 is 9.53 Å². The van der Waals surface area contributed by atoms with Gasteiger partial charge in [-0.05, 0) is 6.92 Å². The van der Waals surface area contributed by atoms with Crippen LogP contribution >= 0.6 is 0 Å². The molecule has 2 nitrogen and oxygen atoms in total. The van der Waals surface area contributed by atoms with Crippen molar-refractivity contribution in [2.75, 3.05) is 7.11 Å². The van der Waals surface area contributed by atoms with Crippen molar-refractivity contribution in [1.82, 2.24) is 0 Å². The molecule has 0 atom stereocenters. The van der Waals surface area contributed by atoms with Gasteiger partial charge in [-0.25, -0.2) is 4.79 Å². The molecule has 0 aliphatic rings. The molecule has 0 saturated carbocycles. The number of hydrogen-bond acceptors (Lipinski definition) is 2. The molecule has 0 bridgehead atoms. The number of carbonyl (C=O) groups is 1. The molecule has 0 spiro atoms. The zero-order valence-corrected chi connectivity index (χ0v) is 9.94. The fraction of sp³-hybridized carbons (Fsp3) is 0.308. The predicted molar refractivity (Wildman–Crippen MR) is 64.6 cm³/mol. The van der Waals surface area contributed by atoms with Gasteiger partial charge in [-0.3, -0.25) is 0 Å². The Morgan fingerprint density at radius 1 is 1.00 bits per heavy atom. The number of methoxy groups -OCH3 is 1. The van der Waals surface area contributed by atoms with E-state index < -0.39 is 0 Å². The standard InChI is InChI=1S/C6H6.C5H8O2.C2H6/c1-2-4-6-5-3-1;1-3-4-5(6)7-2;1-2/h1-6H;3-4H,1-2H3;1-2H3/b;4-3+;. The van der Waals surface area contributed by atoms with Crippen LogP contribution in [0.4, 0.5) is 0 Å². The van der Waals surface area contributed by atoms with Crippen LogP contribution in [0.15, 0.2) is 48.6 Å². The van der Waals surface area contributed by atoms with Crippen LogP contribution < -0.4 is 0 Å². The molecule has 0 fully saturated rings. The van der Waals surface area contributed by atoms with Crippen molar-refractivity contribution in [3.8, 4) is 0 Å². The van der Waals surface area contributed by atoms with Gasteiger partial charge in [0.05, 0.1) is 7.11 Å². The fourth-order valence-corrected chi connectivity index (χ4v) is 0.589. The van der Waals surface area contributed by atoms with Gasteiger partial charge in [0.2, 0.25) is 0 Å². The lowest BCUT2D eigenvalue weighted by atomic mass is 10.4. The number of hydrogen-bond donors (Lipinski definition) is 0. The molecule has 1 aromatic carbocycles. The smallest absolute Gasteiger partial charge is 0.330 e. The molecule has 0 N–H and O–H groups in total. The summed E-state index contributed by atoms with van der Waals surface area (Å²) in [7, 11) is 1.35. The fourth-order valence-electron chi connectivity index (χ4n) is 0.589. The van der Waals surface area contributed by atoms with Gasteiger partial charge < -0.3 is 4.74 Å². The Kier molecular flexibility index (Phi) is 15.8. The third-order valence-corrected chi connectivity index (χ3v) is 1.17. The van der Waals surface area contributed by atoms with Crippen LogP contribution in [0.3, 0.4) is 0 Å². The predicted octanol–water partition coefficient (Wildman–Crippen LogP) is 3.45. The zero-order chi connectivity index (χ0) is 11.9. The normalized spacial score (nSPS) is 8.00. The van der Waals surface area contributed by atoms with Gasteiger partial charge in [0, 0.05) is 6.08 Å². The number of ether oxygens (including phenoxy) is 1. The van der Waals surface area contributed by atoms with E-state index in [0.29, 0.717) is 0 Å². The summed E-state index contributed by atoms with van der Waals surface area (Å²) in [5.74, 6) is -0.303. The Balaban J connectivity index is 0. The van der Waals surface area contributed by atoms with Crippen molar-refractivity contribution >= 4 is 5.97 Å². The van der Waals surface area contributed by atoms with Gasteiger partial charge in [-0.2, -0.15) is 0 Å². The van der Waals surface area contributed by atoms with Gasteiger partial charge in [-0.15, -0.1) is 0 Å². The molecule has 0 amide bonds. The first kappa shape index (κ1) is 15.9. The summed E-state index contributed by atoms with van der Waals surface area (Å²) in [4.78, 5) is 10.1. The molecule has 2 heteroatoms. The molecule has 0 aliphatic heterocycles. The number of allylic oxidation sites excluding steroid dienone is 1. The Bertz CT molecular complexity index is 213. The van der Waals surface area contributed by atoms with Crippen LogP contribution in [-0.2, 0) is 9.53 Å².